The minimum absolute atomic E-state index is 0.726. The maximum atomic E-state index is 5.58. The van der Waals surface area contributed by atoms with Crippen molar-refractivity contribution in [3.05, 3.63) is 48.5 Å². The fraction of sp³-hybridized carbons (Fsp3) is 0. The Hall–Kier alpha value is -2.62. The Morgan fingerprint density at radius 2 is 0.944 bits per heavy atom. The van der Waals surface area contributed by atoms with E-state index in [0.717, 1.165) is 22.7 Å². The van der Waals surface area contributed by atoms with Gasteiger partial charge in [0.1, 0.15) is 0 Å². The lowest BCUT2D eigenvalue weighted by Gasteiger charge is -1.94. The van der Waals surface area contributed by atoms with Crippen molar-refractivity contribution in [2.24, 2.45) is 9.98 Å². The zero-order valence-corrected chi connectivity index (χ0v) is 9.82. The van der Waals surface area contributed by atoms with E-state index >= 15 is 0 Å². The monoisotopic (exact) mass is 238 g/mol. The number of nitrogens with two attached hydrogens (primary N) is 2. The standard InChI is InChI=1S/C14H14N4/c15-11-1-5-13(6-2-11)17-9-10-18-14-7-3-12(16)4-8-14/h1-10H,15-16H2/b17-9+,18-10+. The van der Waals surface area contributed by atoms with E-state index in [2.05, 4.69) is 9.98 Å². The molecule has 0 spiro atoms. The van der Waals surface area contributed by atoms with Gasteiger partial charge in [-0.2, -0.15) is 0 Å². The highest BCUT2D eigenvalue weighted by molar-refractivity contribution is 6.17. The summed E-state index contributed by atoms with van der Waals surface area (Å²) in [5, 5.41) is 0. The molecule has 2 rings (SSSR count). The van der Waals surface area contributed by atoms with Gasteiger partial charge < -0.3 is 11.5 Å². The van der Waals surface area contributed by atoms with Crippen molar-refractivity contribution < 1.29 is 0 Å². The molecule has 0 bridgehead atoms. The van der Waals surface area contributed by atoms with Gasteiger partial charge in [0, 0.05) is 23.8 Å². The molecule has 4 N–H and O–H groups in total. The van der Waals surface area contributed by atoms with Crippen molar-refractivity contribution >= 4 is 35.2 Å². The summed E-state index contributed by atoms with van der Waals surface area (Å²) < 4.78 is 0. The van der Waals surface area contributed by atoms with E-state index < -0.39 is 0 Å². The summed E-state index contributed by atoms with van der Waals surface area (Å²) in [6.07, 6.45) is 3.28. The molecule has 0 radical (unpaired) electrons. The fourth-order valence-electron chi connectivity index (χ4n) is 1.36. The average molecular weight is 238 g/mol. The zero-order chi connectivity index (χ0) is 12.8. The van der Waals surface area contributed by atoms with Crippen LogP contribution >= 0.6 is 0 Å². The molecule has 0 heterocycles. The van der Waals surface area contributed by atoms with Crippen LogP contribution in [0.2, 0.25) is 0 Å². The lowest BCUT2D eigenvalue weighted by Crippen LogP contribution is -1.82. The van der Waals surface area contributed by atoms with Crippen molar-refractivity contribution in [3.63, 3.8) is 0 Å². The summed E-state index contributed by atoms with van der Waals surface area (Å²) in [5.74, 6) is 0. The second-order valence-electron chi connectivity index (χ2n) is 3.74. The third-order valence-electron chi connectivity index (χ3n) is 2.30. The first kappa shape index (κ1) is 11.9. The Balaban J connectivity index is 1.98. The van der Waals surface area contributed by atoms with Crippen LogP contribution in [0.5, 0.6) is 0 Å². The topological polar surface area (TPSA) is 76.8 Å². The summed E-state index contributed by atoms with van der Waals surface area (Å²) in [6, 6.07) is 14.6. The van der Waals surface area contributed by atoms with Gasteiger partial charge in [-0.1, -0.05) is 0 Å². The van der Waals surface area contributed by atoms with E-state index in [4.69, 9.17) is 11.5 Å². The molecule has 0 aliphatic carbocycles. The minimum Gasteiger partial charge on any atom is -0.399 e. The smallest absolute Gasteiger partial charge is 0.0631 e. The molecular weight excluding hydrogens is 224 g/mol. The Morgan fingerprint density at radius 1 is 0.611 bits per heavy atom. The molecule has 4 nitrogen and oxygen atoms in total. The van der Waals surface area contributed by atoms with Gasteiger partial charge in [0.2, 0.25) is 0 Å². The quantitative estimate of drug-likeness (QED) is 0.637. The molecule has 2 aromatic carbocycles. The Labute approximate surface area is 106 Å². The van der Waals surface area contributed by atoms with Gasteiger partial charge in [0.15, 0.2) is 0 Å². The van der Waals surface area contributed by atoms with Crippen LogP contribution < -0.4 is 11.5 Å². The first-order chi connectivity index (χ1) is 8.74. The third kappa shape index (κ3) is 3.45. The average Bonchev–Trinajstić information content (AvgIpc) is 2.39. The second-order valence-corrected chi connectivity index (χ2v) is 3.74. The first-order valence-electron chi connectivity index (χ1n) is 5.52. The molecule has 0 fully saturated rings. The van der Waals surface area contributed by atoms with Crippen LogP contribution in [-0.4, -0.2) is 12.4 Å². The van der Waals surface area contributed by atoms with Crippen LogP contribution in [0.1, 0.15) is 0 Å². The molecule has 0 saturated heterocycles. The summed E-state index contributed by atoms with van der Waals surface area (Å²) in [5.41, 5.74) is 14.3. The molecule has 0 aliphatic heterocycles. The van der Waals surface area contributed by atoms with E-state index in [0.29, 0.717) is 0 Å². The number of anilines is 2. The van der Waals surface area contributed by atoms with Crippen molar-refractivity contribution in [1.82, 2.24) is 0 Å². The van der Waals surface area contributed by atoms with Crippen molar-refractivity contribution in [1.29, 1.82) is 0 Å². The highest BCUT2D eigenvalue weighted by Crippen LogP contribution is 2.14. The number of rotatable bonds is 3. The third-order valence-corrected chi connectivity index (χ3v) is 2.30. The number of aliphatic imine (C=N–C) groups is 2. The van der Waals surface area contributed by atoms with E-state index in [1.807, 2.05) is 48.5 Å². The Morgan fingerprint density at radius 3 is 1.28 bits per heavy atom. The maximum absolute atomic E-state index is 5.58. The maximum Gasteiger partial charge on any atom is 0.0631 e. The molecule has 0 aliphatic rings. The number of hydrogen-bond acceptors (Lipinski definition) is 4. The molecular formula is C14H14N4. The van der Waals surface area contributed by atoms with Gasteiger partial charge in [-0.15, -0.1) is 0 Å². The van der Waals surface area contributed by atoms with E-state index in [9.17, 15) is 0 Å². The van der Waals surface area contributed by atoms with Gasteiger partial charge in [-0.3, -0.25) is 9.98 Å². The van der Waals surface area contributed by atoms with Crippen molar-refractivity contribution in [2.45, 2.75) is 0 Å². The number of hydrogen-bond donors (Lipinski definition) is 2. The Bertz CT molecular complexity index is 500. The van der Waals surface area contributed by atoms with Gasteiger partial charge in [0.25, 0.3) is 0 Å². The van der Waals surface area contributed by atoms with Crippen LogP contribution in [0.25, 0.3) is 0 Å². The van der Waals surface area contributed by atoms with Gasteiger partial charge in [-0.25, -0.2) is 0 Å². The summed E-state index contributed by atoms with van der Waals surface area (Å²) in [6.45, 7) is 0. The first-order valence-corrected chi connectivity index (χ1v) is 5.52. The number of benzene rings is 2. The lowest BCUT2D eigenvalue weighted by molar-refractivity contribution is 1.53. The normalized spacial score (nSPS) is 11.3. The molecule has 4 heteroatoms. The zero-order valence-electron chi connectivity index (χ0n) is 9.82. The van der Waals surface area contributed by atoms with Crippen molar-refractivity contribution in [3.8, 4) is 0 Å². The molecule has 0 aromatic heterocycles. The van der Waals surface area contributed by atoms with Crippen LogP contribution in [0.3, 0.4) is 0 Å². The molecule has 2 aromatic rings. The van der Waals surface area contributed by atoms with Crippen LogP contribution in [0, 0.1) is 0 Å². The molecule has 0 amide bonds. The summed E-state index contributed by atoms with van der Waals surface area (Å²) in [4.78, 5) is 8.45. The molecule has 18 heavy (non-hydrogen) atoms. The Kier molecular flexibility index (Phi) is 3.71. The molecule has 0 atom stereocenters. The van der Waals surface area contributed by atoms with Crippen LogP contribution in [0.4, 0.5) is 22.7 Å². The predicted molar refractivity (Wildman–Crippen MR) is 78.0 cm³/mol. The van der Waals surface area contributed by atoms with Crippen molar-refractivity contribution in [2.75, 3.05) is 11.5 Å². The fourth-order valence-corrected chi connectivity index (χ4v) is 1.36. The van der Waals surface area contributed by atoms with Crippen LogP contribution in [-0.2, 0) is 0 Å². The second kappa shape index (κ2) is 5.63. The van der Waals surface area contributed by atoms with Gasteiger partial charge >= 0.3 is 0 Å². The van der Waals surface area contributed by atoms with Gasteiger partial charge in [-0.05, 0) is 48.5 Å². The predicted octanol–water partition coefficient (Wildman–Crippen LogP) is 2.96. The van der Waals surface area contributed by atoms with E-state index in [1.54, 1.807) is 12.4 Å². The molecule has 0 saturated carbocycles. The van der Waals surface area contributed by atoms with Crippen LogP contribution in [0.15, 0.2) is 58.5 Å². The largest absolute Gasteiger partial charge is 0.399 e. The van der Waals surface area contributed by atoms with E-state index in [1.165, 1.54) is 0 Å². The number of nitrogen functional groups attached to an aromatic ring is 2. The highest BCUT2D eigenvalue weighted by Gasteiger charge is 1.87. The summed E-state index contributed by atoms with van der Waals surface area (Å²) in [7, 11) is 0. The molecule has 0 unspecified atom stereocenters. The lowest BCUT2D eigenvalue weighted by atomic mass is 10.3. The minimum atomic E-state index is 0.726. The van der Waals surface area contributed by atoms with Gasteiger partial charge in [0.05, 0.1) is 11.4 Å². The highest BCUT2D eigenvalue weighted by atomic mass is 14.8. The number of nitrogens with zero attached hydrogens (tertiary/aromatic N) is 2. The van der Waals surface area contributed by atoms with E-state index in [-0.39, 0.29) is 0 Å². The SMILES string of the molecule is Nc1ccc(/N=C/C=N/c2ccc(N)cc2)cc1. The summed E-state index contributed by atoms with van der Waals surface area (Å²) >= 11 is 0. The molecule has 90 valence electrons.